The summed E-state index contributed by atoms with van der Waals surface area (Å²) in [6.07, 6.45) is 3.38. The molecule has 0 aromatic carbocycles. The van der Waals surface area contributed by atoms with Gasteiger partial charge in [0.15, 0.2) is 0 Å². The predicted molar refractivity (Wildman–Crippen MR) is 80.2 cm³/mol. The molecule has 0 spiro atoms. The lowest BCUT2D eigenvalue weighted by molar-refractivity contribution is -0.129. The summed E-state index contributed by atoms with van der Waals surface area (Å²) in [5, 5.41) is 3.80. The van der Waals surface area contributed by atoms with Crippen LogP contribution in [0.2, 0.25) is 0 Å². The van der Waals surface area contributed by atoms with Gasteiger partial charge < -0.3 is 15.1 Å². The fraction of sp³-hybridized carbons (Fsp3) is 0.933. The lowest BCUT2D eigenvalue weighted by Crippen LogP contribution is -2.50. The summed E-state index contributed by atoms with van der Waals surface area (Å²) in [5.41, 5.74) is 0. The molecule has 1 amide bonds. The smallest absolute Gasteiger partial charge is 0.219 e. The molecule has 1 heterocycles. The minimum atomic E-state index is 0.213. The molecule has 0 radical (unpaired) electrons. The first-order valence-corrected chi connectivity index (χ1v) is 7.54. The Labute approximate surface area is 118 Å². The molecule has 0 saturated carbocycles. The van der Waals surface area contributed by atoms with E-state index in [1.807, 2.05) is 4.90 Å². The van der Waals surface area contributed by atoms with Crippen molar-refractivity contribution in [3.8, 4) is 0 Å². The summed E-state index contributed by atoms with van der Waals surface area (Å²) in [6.45, 7) is 9.13. The Morgan fingerprint density at radius 1 is 1.32 bits per heavy atom. The molecule has 0 aromatic heterocycles. The third-order valence-electron chi connectivity index (χ3n) is 3.75. The van der Waals surface area contributed by atoms with Crippen molar-refractivity contribution >= 4 is 5.91 Å². The largest absolute Gasteiger partial charge is 0.343 e. The van der Waals surface area contributed by atoms with E-state index < -0.39 is 0 Å². The molecule has 4 heteroatoms. The van der Waals surface area contributed by atoms with Gasteiger partial charge in [-0.05, 0) is 39.3 Å². The topological polar surface area (TPSA) is 35.6 Å². The minimum absolute atomic E-state index is 0.213. The second kappa shape index (κ2) is 7.85. The first kappa shape index (κ1) is 16.4. The van der Waals surface area contributed by atoms with E-state index >= 15 is 0 Å². The highest BCUT2D eigenvalue weighted by molar-refractivity contribution is 5.73. The van der Waals surface area contributed by atoms with Gasteiger partial charge in [-0.1, -0.05) is 13.8 Å². The van der Waals surface area contributed by atoms with Crippen LogP contribution in [0.3, 0.4) is 0 Å². The quantitative estimate of drug-likeness (QED) is 0.795. The second-order valence-electron chi connectivity index (χ2n) is 6.54. The number of amides is 1. The van der Waals surface area contributed by atoms with Gasteiger partial charge in [-0.25, -0.2) is 0 Å². The first-order valence-electron chi connectivity index (χ1n) is 7.54. The number of likely N-dealkylation sites (N-methyl/N-ethyl adjacent to an activating group) is 1. The Kier molecular flexibility index (Phi) is 6.80. The molecule has 1 N–H and O–H groups in total. The van der Waals surface area contributed by atoms with Crippen LogP contribution in [0.4, 0.5) is 0 Å². The summed E-state index contributed by atoms with van der Waals surface area (Å²) in [4.78, 5) is 15.5. The summed E-state index contributed by atoms with van der Waals surface area (Å²) in [7, 11) is 4.26. The Balaban J connectivity index is 2.40. The zero-order chi connectivity index (χ0) is 14.4. The van der Waals surface area contributed by atoms with Gasteiger partial charge in [0, 0.05) is 38.6 Å². The van der Waals surface area contributed by atoms with Crippen molar-refractivity contribution in [3.63, 3.8) is 0 Å². The van der Waals surface area contributed by atoms with Crippen LogP contribution in [0, 0.1) is 5.92 Å². The van der Waals surface area contributed by atoms with Crippen molar-refractivity contribution in [1.29, 1.82) is 0 Å². The molecule has 1 atom stereocenters. The lowest BCUT2D eigenvalue weighted by atomic mass is 9.99. The first-order chi connectivity index (χ1) is 8.88. The number of nitrogens with one attached hydrogen (secondary N) is 1. The number of hydrogen-bond donors (Lipinski definition) is 1. The monoisotopic (exact) mass is 269 g/mol. The average Bonchev–Trinajstić information content (AvgIpc) is 2.27. The fourth-order valence-electron chi connectivity index (χ4n) is 2.90. The zero-order valence-electron chi connectivity index (χ0n) is 13.3. The molecular weight excluding hydrogens is 238 g/mol. The van der Waals surface area contributed by atoms with E-state index in [-0.39, 0.29) is 5.91 Å². The molecule has 1 aliphatic heterocycles. The molecule has 4 nitrogen and oxygen atoms in total. The second-order valence-corrected chi connectivity index (χ2v) is 6.54. The average molecular weight is 269 g/mol. The zero-order valence-corrected chi connectivity index (χ0v) is 13.3. The van der Waals surface area contributed by atoms with E-state index in [0.29, 0.717) is 12.1 Å². The van der Waals surface area contributed by atoms with E-state index in [0.717, 1.165) is 38.4 Å². The molecule has 1 fully saturated rings. The van der Waals surface area contributed by atoms with Crippen LogP contribution in [-0.2, 0) is 4.79 Å². The molecule has 1 saturated heterocycles. The van der Waals surface area contributed by atoms with Gasteiger partial charge in [0.05, 0.1) is 0 Å². The Morgan fingerprint density at radius 3 is 2.32 bits per heavy atom. The maximum Gasteiger partial charge on any atom is 0.219 e. The number of likely N-dealkylation sites (tertiary alicyclic amines) is 1. The molecule has 112 valence electrons. The maximum atomic E-state index is 11.3. The molecule has 0 aliphatic carbocycles. The Bertz CT molecular complexity index is 261. The van der Waals surface area contributed by atoms with E-state index in [4.69, 9.17) is 0 Å². The number of carbonyl (C=O) groups excluding carboxylic acids is 1. The third kappa shape index (κ3) is 6.39. The third-order valence-corrected chi connectivity index (χ3v) is 3.75. The molecular formula is C15H31N3O. The van der Waals surface area contributed by atoms with Crippen molar-refractivity contribution in [3.05, 3.63) is 0 Å². The van der Waals surface area contributed by atoms with Gasteiger partial charge in [0.1, 0.15) is 0 Å². The van der Waals surface area contributed by atoms with Crippen LogP contribution in [-0.4, -0.2) is 61.5 Å². The highest BCUT2D eigenvalue weighted by Gasteiger charge is 2.23. The molecule has 0 aromatic rings. The lowest BCUT2D eigenvalue weighted by Gasteiger charge is -2.35. The van der Waals surface area contributed by atoms with Gasteiger partial charge in [0.25, 0.3) is 0 Å². The van der Waals surface area contributed by atoms with Crippen LogP contribution >= 0.6 is 0 Å². The van der Waals surface area contributed by atoms with E-state index in [2.05, 4.69) is 38.2 Å². The highest BCUT2D eigenvalue weighted by atomic mass is 16.2. The van der Waals surface area contributed by atoms with Crippen molar-refractivity contribution in [2.24, 2.45) is 5.92 Å². The van der Waals surface area contributed by atoms with E-state index in [1.54, 1.807) is 6.92 Å². The van der Waals surface area contributed by atoms with Crippen LogP contribution in [0.1, 0.15) is 40.0 Å². The standard InChI is InChI=1S/C15H31N3O/c1-12(2)10-15(11-17(4)5)16-14-6-8-18(9-7-14)13(3)19/h12,14-16H,6-11H2,1-5H3. The number of nitrogens with zero attached hydrogens (tertiary/aromatic N) is 2. The van der Waals surface area contributed by atoms with Crippen LogP contribution in [0.15, 0.2) is 0 Å². The molecule has 1 rings (SSSR count). The molecule has 0 bridgehead atoms. The minimum Gasteiger partial charge on any atom is -0.343 e. The highest BCUT2D eigenvalue weighted by Crippen LogP contribution is 2.13. The summed E-state index contributed by atoms with van der Waals surface area (Å²) >= 11 is 0. The van der Waals surface area contributed by atoms with Crippen molar-refractivity contribution in [2.75, 3.05) is 33.7 Å². The summed E-state index contributed by atoms with van der Waals surface area (Å²) in [6, 6.07) is 1.13. The fourth-order valence-corrected chi connectivity index (χ4v) is 2.90. The van der Waals surface area contributed by atoms with Crippen molar-refractivity contribution in [1.82, 2.24) is 15.1 Å². The predicted octanol–water partition coefficient (Wildman–Crippen LogP) is 1.56. The Hall–Kier alpha value is -0.610. The van der Waals surface area contributed by atoms with Gasteiger partial charge in [-0.15, -0.1) is 0 Å². The van der Waals surface area contributed by atoms with Gasteiger partial charge in [0.2, 0.25) is 5.91 Å². The van der Waals surface area contributed by atoms with Crippen LogP contribution in [0.5, 0.6) is 0 Å². The van der Waals surface area contributed by atoms with Crippen molar-refractivity contribution in [2.45, 2.75) is 52.1 Å². The number of carbonyl (C=O) groups is 1. The number of hydrogen-bond acceptors (Lipinski definition) is 3. The molecule has 19 heavy (non-hydrogen) atoms. The molecule has 1 unspecified atom stereocenters. The normalized spacial score (nSPS) is 19.2. The number of piperidine rings is 1. The van der Waals surface area contributed by atoms with Gasteiger partial charge in [-0.3, -0.25) is 4.79 Å². The van der Waals surface area contributed by atoms with Crippen molar-refractivity contribution < 1.29 is 4.79 Å². The van der Waals surface area contributed by atoms with Gasteiger partial charge in [-0.2, -0.15) is 0 Å². The van der Waals surface area contributed by atoms with E-state index in [9.17, 15) is 4.79 Å². The van der Waals surface area contributed by atoms with Crippen LogP contribution in [0.25, 0.3) is 0 Å². The SMILES string of the molecule is CC(=O)N1CCC(NC(CC(C)C)CN(C)C)CC1. The van der Waals surface area contributed by atoms with E-state index in [1.165, 1.54) is 6.42 Å². The molecule has 1 aliphatic rings. The Morgan fingerprint density at radius 2 is 1.89 bits per heavy atom. The van der Waals surface area contributed by atoms with Crippen LogP contribution < -0.4 is 5.32 Å². The van der Waals surface area contributed by atoms with Gasteiger partial charge >= 0.3 is 0 Å². The number of rotatable bonds is 6. The maximum absolute atomic E-state index is 11.3. The summed E-state index contributed by atoms with van der Waals surface area (Å²) in [5.74, 6) is 0.931. The summed E-state index contributed by atoms with van der Waals surface area (Å²) < 4.78 is 0.